The number of hydrogen-bond acceptors (Lipinski definition) is 4. The van der Waals surface area contributed by atoms with Crippen LogP contribution in [0.2, 0.25) is 0 Å². The third-order valence-electron chi connectivity index (χ3n) is 5.07. The molecule has 0 spiro atoms. The normalized spacial score (nSPS) is 10.9. The second kappa shape index (κ2) is 9.22. The standard InChI is InChI=1S/C26H22N2O4/c1-31-24-14-12-19(16-25(24)32-2)22-17-27-26(30)28(22)21-10-6-9-20(15-21)23(29)13-11-18-7-4-3-5-8-18/h3-17H,1-2H3,(H,27,30). The molecule has 0 saturated carbocycles. The van der Waals surface area contributed by atoms with Gasteiger partial charge in [-0.25, -0.2) is 4.79 Å². The van der Waals surface area contributed by atoms with Crippen molar-refractivity contribution in [2.24, 2.45) is 0 Å². The van der Waals surface area contributed by atoms with Crippen molar-refractivity contribution in [2.75, 3.05) is 14.2 Å². The van der Waals surface area contributed by atoms with E-state index in [1.807, 2.05) is 36.4 Å². The van der Waals surface area contributed by atoms with E-state index >= 15 is 0 Å². The first-order chi connectivity index (χ1) is 15.6. The van der Waals surface area contributed by atoms with Gasteiger partial charge in [0.25, 0.3) is 0 Å². The van der Waals surface area contributed by atoms with Gasteiger partial charge in [-0.15, -0.1) is 0 Å². The van der Waals surface area contributed by atoms with Gasteiger partial charge in [0.1, 0.15) is 0 Å². The fourth-order valence-electron chi connectivity index (χ4n) is 3.46. The number of nitrogens with zero attached hydrogens (tertiary/aromatic N) is 1. The minimum absolute atomic E-state index is 0.146. The molecule has 0 unspecified atom stereocenters. The molecule has 3 aromatic carbocycles. The lowest BCUT2D eigenvalue weighted by Gasteiger charge is -2.12. The molecule has 6 nitrogen and oxygen atoms in total. The van der Waals surface area contributed by atoms with Gasteiger partial charge in [0.05, 0.1) is 25.6 Å². The monoisotopic (exact) mass is 426 g/mol. The van der Waals surface area contributed by atoms with Crippen molar-refractivity contribution in [3.63, 3.8) is 0 Å². The van der Waals surface area contributed by atoms with Gasteiger partial charge >= 0.3 is 5.69 Å². The molecule has 1 heterocycles. The molecule has 1 N–H and O–H groups in total. The number of ether oxygens (including phenoxy) is 2. The van der Waals surface area contributed by atoms with Crippen molar-refractivity contribution in [3.05, 3.63) is 107 Å². The van der Waals surface area contributed by atoms with Gasteiger partial charge in [-0.2, -0.15) is 0 Å². The Bertz CT molecular complexity index is 1330. The number of hydrogen-bond donors (Lipinski definition) is 1. The quantitative estimate of drug-likeness (QED) is 0.342. The van der Waals surface area contributed by atoms with Gasteiger partial charge in [-0.05, 0) is 42.0 Å². The van der Waals surface area contributed by atoms with Crippen molar-refractivity contribution in [3.8, 4) is 28.4 Å². The number of H-pyrrole nitrogens is 1. The lowest BCUT2D eigenvalue weighted by molar-refractivity contribution is 0.104. The summed E-state index contributed by atoms with van der Waals surface area (Å²) in [6, 6.07) is 22.0. The average Bonchev–Trinajstić information content (AvgIpc) is 3.24. The van der Waals surface area contributed by atoms with Crippen molar-refractivity contribution < 1.29 is 14.3 Å². The maximum atomic E-state index is 12.7. The zero-order chi connectivity index (χ0) is 22.5. The van der Waals surface area contributed by atoms with E-state index in [4.69, 9.17) is 9.47 Å². The van der Waals surface area contributed by atoms with Gasteiger partial charge in [-0.1, -0.05) is 48.5 Å². The van der Waals surface area contributed by atoms with E-state index in [0.717, 1.165) is 11.1 Å². The summed E-state index contributed by atoms with van der Waals surface area (Å²) in [6.07, 6.45) is 4.93. The summed E-state index contributed by atoms with van der Waals surface area (Å²) in [5, 5.41) is 0. The highest BCUT2D eigenvalue weighted by atomic mass is 16.5. The molecule has 0 amide bonds. The highest BCUT2D eigenvalue weighted by Crippen LogP contribution is 2.32. The molecule has 0 aliphatic carbocycles. The predicted molar refractivity (Wildman–Crippen MR) is 125 cm³/mol. The molecule has 6 heteroatoms. The average molecular weight is 426 g/mol. The number of nitrogens with one attached hydrogen (secondary N) is 1. The highest BCUT2D eigenvalue weighted by Gasteiger charge is 2.14. The van der Waals surface area contributed by atoms with Gasteiger partial charge in [-0.3, -0.25) is 9.36 Å². The summed E-state index contributed by atoms with van der Waals surface area (Å²) in [7, 11) is 3.13. The summed E-state index contributed by atoms with van der Waals surface area (Å²) in [5.41, 5.74) is 3.11. The van der Waals surface area contributed by atoms with Crippen LogP contribution in [0.25, 0.3) is 23.0 Å². The fourth-order valence-corrected chi connectivity index (χ4v) is 3.46. The van der Waals surface area contributed by atoms with Crippen LogP contribution in [0.3, 0.4) is 0 Å². The maximum Gasteiger partial charge on any atom is 0.330 e. The number of aromatic nitrogens is 2. The molecule has 0 atom stereocenters. The molecule has 0 aliphatic heterocycles. The van der Waals surface area contributed by atoms with Gasteiger partial charge < -0.3 is 14.5 Å². The summed E-state index contributed by atoms with van der Waals surface area (Å²) >= 11 is 0. The highest BCUT2D eigenvalue weighted by molar-refractivity contribution is 6.07. The number of allylic oxidation sites excluding steroid dienone is 1. The molecule has 0 bridgehead atoms. The Labute approximate surface area is 185 Å². The number of carbonyl (C=O) groups is 1. The lowest BCUT2D eigenvalue weighted by Crippen LogP contribution is -2.16. The third kappa shape index (κ3) is 4.25. The number of carbonyl (C=O) groups excluding carboxylic acids is 1. The van der Waals surface area contributed by atoms with Crippen LogP contribution < -0.4 is 15.2 Å². The first kappa shape index (κ1) is 20.9. The van der Waals surface area contributed by atoms with E-state index in [9.17, 15) is 9.59 Å². The number of rotatable bonds is 7. The maximum absolute atomic E-state index is 12.7. The van der Waals surface area contributed by atoms with E-state index in [0.29, 0.717) is 28.4 Å². The first-order valence-electron chi connectivity index (χ1n) is 10.0. The van der Waals surface area contributed by atoms with E-state index in [1.165, 1.54) is 10.6 Å². The predicted octanol–water partition coefficient (Wildman–Crippen LogP) is 4.75. The number of ketones is 1. The van der Waals surface area contributed by atoms with E-state index < -0.39 is 0 Å². The van der Waals surface area contributed by atoms with Crippen molar-refractivity contribution in [1.29, 1.82) is 0 Å². The minimum atomic E-state index is -0.306. The van der Waals surface area contributed by atoms with E-state index in [-0.39, 0.29) is 11.5 Å². The van der Waals surface area contributed by atoms with Crippen LogP contribution in [-0.2, 0) is 0 Å². The molecule has 0 aliphatic rings. The largest absolute Gasteiger partial charge is 0.493 e. The lowest BCUT2D eigenvalue weighted by atomic mass is 10.1. The molecule has 0 radical (unpaired) electrons. The minimum Gasteiger partial charge on any atom is -0.493 e. The van der Waals surface area contributed by atoms with Gasteiger partial charge in [0.2, 0.25) is 0 Å². The van der Waals surface area contributed by atoms with Crippen LogP contribution in [0.5, 0.6) is 11.5 Å². The number of imidazole rings is 1. The number of benzene rings is 3. The first-order valence-corrected chi connectivity index (χ1v) is 10.0. The molecule has 4 aromatic rings. The summed E-state index contributed by atoms with van der Waals surface area (Å²) in [5.74, 6) is 1.01. The van der Waals surface area contributed by atoms with Crippen LogP contribution in [-0.4, -0.2) is 29.6 Å². The summed E-state index contributed by atoms with van der Waals surface area (Å²) in [4.78, 5) is 28.1. The van der Waals surface area contributed by atoms with Crippen LogP contribution in [0.15, 0.2) is 89.9 Å². The zero-order valence-electron chi connectivity index (χ0n) is 17.7. The van der Waals surface area contributed by atoms with Crippen LogP contribution >= 0.6 is 0 Å². The van der Waals surface area contributed by atoms with Crippen molar-refractivity contribution in [2.45, 2.75) is 0 Å². The smallest absolute Gasteiger partial charge is 0.330 e. The van der Waals surface area contributed by atoms with E-state index in [1.54, 1.807) is 62.9 Å². The third-order valence-corrected chi connectivity index (χ3v) is 5.07. The molecule has 160 valence electrons. The molecule has 4 rings (SSSR count). The fraction of sp³-hybridized carbons (Fsp3) is 0.0769. The number of methoxy groups -OCH3 is 2. The molecular weight excluding hydrogens is 404 g/mol. The molecule has 0 saturated heterocycles. The van der Waals surface area contributed by atoms with Crippen molar-refractivity contribution >= 4 is 11.9 Å². The Morgan fingerprint density at radius 3 is 2.44 bits per heavy atom. The Hall–Kier alpha value is -4.32. The second-order valence-electron chi connectivity index (χ2n) is 7.04. The molecular formula is C26H22N2O4. The SMILES string of the molecule is COc1ccc(-c2c[nH]c(=O)n2-c2cccc(C(=O)C=Cc3ccccc3)c2)cc1OC. The van der Waals surface area contributed by atoms with Crippen LogP contribution in [0.4, 0.5) is 0 Å². The molecule has 0 fully saturated rings. The summed E-state index contributed by atoms with van der Waals surface area (Å²) in [6.45, 7) is 0. The molecule has 1 aromatic heterocycles. The second-order valence-corrected chi connectivity index (χ2v) is 7.04. The Morgan fingerprint density at radius 1 is 0.906 bits per heavy atom. The Kier molecular flexibility index (Phi) is 6.03. The molecule has 32 heavy (non-hydrogen) atoms. The Morgan fingerprint density at radius 2 is 1.69 bits per heavy atom. The van der Waals surface area contributed by atoms with Gasteiger partial charge in [0.15, 0.2) is 17.3 Å². The van der Waals surface area contributed by atoms with Crippen molar-refractivity contribution in [1.82, 2.24) is 9.55 Å². The van der Waals surface area contributed by atoms with Crippen LogP contribution in [0, 0.1) is 0 Å². The zero-order valence-corrected chi connectivity index (χ0v) is 17.7. The topological polar surface area (TPSA) is 73.3 Å². The summed E-state index contributed by atoms with van der Waals surface area (Å²) < 4.78 is 12.2. The Balaban J connectivity index is 1.70. The van der Waals surface area contributed by atoms with Crippen LogP contribution in [0.1, 0.15) is 15.9 Å². The number of aromatic amines is 1. The van der Waals surface area contributed by atoms with Gasteiger partial charge in [0, 0.05) is 17.3 Å². The van der Waals surface area contributed by atoms with E-state index in [2.05, 4.69) is 4.98 Å².